The molecular formula is C19H24N2O6. The average molecular weight is 376 g/mol. The van der Waals surface area contributed by atoms with Crippen LogP contribution in [0.5, 0.6) is 5.75 Å². The molecule has 0 radical (unpaired) electrons. The van der Waals surface area contributed by atoms with Gasteiger partial charge in [0.1, 0.15) is 11.3 Å². The molecule has 0 atom stereocenters. The Morgan fingerprint density at radius 2 is 2.00 bits per heavy atom. The minimum atomic E-state index is -0.688. The monoisotopic (exact) mass is 376 g/mol. The Morgan fingerprint density at radius 1 is 1.22 bits per heavy atom. The first-order valence-corrected chi connectivity index (χ1v) is 8.66. The predicted molar refractivity (Wildman–Crippen MR) is 98.4 cm³/mol. The molecule has 2 N–H and O–H groups in total. The van der Waals surface area contributed by atoms with Gasteiger partial charge in [0.2, 0.25) is 0 Å². The van der Waals surface area contributed by atoms with Crippen molar-refractivity contribution in [2.75, 3.05) is 20.3 Å². The van der Waals surface area contributed by atoms with Crippen LogP contribution in [-0.4, -0.2) is 38.2 Å². The number of carbonyl (C=O) groups is 3. The molecule has 27 heavy (non-hydrogen) atoms. The summed E-state index contributed by atoms with van der Waals surface area (Å²) in [7, 11) is 1.55. The molecule has 0 spiro atoms. The second-order valence-electron chi connectivity index (χ2n) is 6.45. The Labute approximate surface area is 157 Å². The van der Waals surface area contributed by atoms with Gasteiger partial charge in [-0.2, -0.15) is 0 Å². The standard InChI is InChI=1S/C19H24N2O6/c1-12(2)6-7-20-19(24)21-17(22)11-27-18(23)8-13-10-26-16-9-14(25-3)4-5-15(13)16/h4-5,9-10,12H,6-8,11H2,1-3H3,(H2,20,21,22,24). The van der Waals surface area contributed by atoms with Gasteiger partial charge < -0.3 is 19.2 Å². The van der Waals surface area contributed by atoms with Gasteiger partial charge in [-0.25, -0.2) is 4.79 Å². The minimum Gasteiger partial charge on any atom is -0.497 e. The van der Waals surface area contributed by atoms with Crippen molar-refractivity contribution in [1.29, 1.82) is 0 Å². The molecule has 1 heterocycles. The van der Waals surface area contributed by atoms with Crippen molar-refractivity contribution in [3.63, 3.8) is 0 Å². The van der Waals surface area contributed by atoms with Gasteiger partial charge >= 0.3 is 12.0 Å². The van der Waals surface area contributed by atoms with Crippen LogP contribution in [0.1, 0.15) is 25.8 Å². The lowest BCUT2D eigenvalue weighted by Gasteiger charge is -2.08. The van der Waals surface area contributed by atoms with Crippen LogP contribution in [0.15, 0.2) is 28.9 Å². The zero-order valence-corrected chi connectivity index (χ0v) is 15.7. The van der Waals surface area contributed by atoms with Gasteiger partial charge in [-0.1, -0.05) is 13.8 Å². The molecule has 1 aromatic heterocycles. The maximum absolute atomic E-state index is 11.9. The van der Waals surface area contributed by atoms with Gasteiger partial charge in [0, 0.05) is 23.6 Å². The summed E-state index contributed by atoms with van der Waals surface area (Å²) in [6, 6.07) is 4.66. The second kappa shape index (κ2) is 9.61. The van der Waals surface area contributed by atoms with Gasteiger partial charge in [-0.3, -0.25) is 14.9 Å². The lowest BCUT2D eigenvalue weighted by Crippen LogP contribution is -2.42. The van der Waals surface area contributed by atoms with Gasteiger partial charge in [0.05, 0.1) is 19.8 Å². The fourth-order valence-corrected chi connectivity index (χ4v) is 2.36. The summed E-state index contributed by atoms with van der Waals surface area (Å²) in [5.74, 6) is -0.188. The predicted octanol–water partition coefficient (Wildman–Crippen LogP) is 2.40. The molecule has 0 bridgehead atoms. The molecule has 1 aromatic carbocycles. The number of ether oxygens (including phenoxy) is 2. The Morgan fingerprint density at radius 3 is 2.70 bits per heavy atom. The largest absolute Gasteiger partial charge is 0.497 e. The summed E-state index contributed by atoms with van der Waals surface area (Å²) in [6.07, 6.45) is 2.22. The van der Waals surface area contributed by atoms with Gasteiger partial charge in [-0.15, -0.1) is 0 Å². The van der Waals surface area contributed by atoms with Gasteiger partial charge in [0.15, 0.2) is 6.61 Å². The van der Waals surface area contributed by atoms with Gasteiger partial charge in [0.25, 0.3) is 5.91 Å². The fraction of sp³-hybridized carbons (Fsp3) is 0.421. The van der Waals surface area contributed by atoms with E-state index < -0.39 is 24.5 Å². The topological polar surface area (TPSA) is 107 Å². The highest BCUT2D eigenvalue weighted by molar-refractivity contribution is 5.95. The van der Waals surface area contributed by atoms with Crippen LogP contribution in [0.25, 0.3) is 11.0 Å². The highest BCUT2D eigenvalue weighted by Gasteiger charge is 2.14. The molecule has 2 aromatic rings. The van der Waals surface area contributed by atoms with Crippen LogP contribution in [0.4, 0.5) is 4.79 Å². The van der Waals surface area contributed by atoms with Crippen molar-refractivity contribution < 1.29 is 28.3 Å². The zero-order chi connectivity index (χ0) is 19.8. The first-order valence-electron chi connectivity index (χ1n) is 8.66. The Balaban J connectivity index is 1.77. The number of hydrogen-bond acceptors (Lipinski definition) is 6. The summed E-state index contributed by atoms with van der Waals surface area (Å²) < 4.78 is 15.4. The van der Waals surface area contributed by atoms with E-state index in [9.17, 15) is 14.4 Å². The Hall–Kier alpha value is -3.03. The second-order valence-corrected chi connectivity index (χ2v) is 6.45. The van der Waals surface area contributed by atoms with E-state index >= 15 is 0 Å². The van der Waals surface area contributed by atoms with Crippen LogP contribution in [0.2, 0.25) is 0 Å². The number of carbonyl (C=O) groups excluding carboxylic acids is 3. The number of furan rings is 1. The summed E-state index contributed by atoms with van der Waals surface area (Å²) in [4.78, 5) is 35.1. The van der Waals surface area contributed by atoms with Crippen molar-refractivity contribution in [2.24, 2.45) is 5.92 Å². The smallest absolute Gasteiger partial charge is 0.321 e. The van der Waals surface area contributed by atoms with Crippen LogP contribution in [-0.2, 0) is 20.7 Å². The molecule has 0 saturated heterocycles. The number of benzene rings is 1. The van der Waals surface area contributed by atoms with Crippen molar-refractivity contribution >= 4 is 28.9 Å². The van der Waals surface area contributed by atoms with Crippen LogP contribution < -0.4 is 15.4 Å². The zero-order valence-electron chi connectivity index (χ0n) is 15.7. The van der Waals surface area contributed by atoms with E-state index in [1.807, 2.05) is 13.8 Å². The van der Waals surface area contributed by atoms with Crippen molar-refractivity contribution in [2.45, 2.75) is 26.7 Å². The molecule has 0 unspecified atom stereocenters. The van der Waals surface area contributed by atoms with E-state index in [1.165, 1.54) is 6.26 Å². The Kier molecular flexibility index (Phi) is 7.22. The highest BCUT2D eigenvalue weighted by Crippen LogP contribution is 2.25. The number of amides is 3. The molecule has 0 aliphatic carbocycles. The third kappa shape index (κ3) is 6.32. The average Bonchev–Trinajstić information content (AvgIpc) is 3.01. The number of nitrogens with one attached hydrogen (secondary N) is 2. The van der Waals surface area contributed by atoms with E-state index in [0.29, 0.717) is 29.4 Å². The Bertz CT molecular complexity index is 812. The molecule has 8 heteroatoms. The van der Waals surface area contributed by atoms with Crippen molar-refractivity contribution in [3.8, 4) is 5.75 Å². The molecule has 0 aliphatic heterocycles. The quantitative estimate of drug-likeness (QED) is 0.685. The van der Waals surface area contributed by atoms with E-state index in [0.717, 1.165) is 11.8 Å². The van der Waals surface area contributed by atoms with Crippen LogP contribution >= 0.6 is 0 Å². The molecular weight excluding hydrogens is 352 g/mol. The number of methoxy groups -OCH3 is 1. The lowest BCUT2D eigenvalue weighted by molar-refractivity contribution is -0.147. The maximum atomic E-state index is 11.9. The molecule has 8 nitrogen and oxygen atoms in total. The van der Waals surface area contributed by atoms with Crippen LogP contribution in [0, 0.1) is 5.92 Å². The molecule has 0 fully saturated rings. The molecule has 0 aliphatic rings. The van der Waals surface area contributed by atoms with Crippen LogP contribution in [0.3, 0.4) is 0 Å². The SMILES string of the molecule is COc1ccc2c(CC(=O)OCC(=O)NC(=O)NCCC(C)C)coc2c1. The first-order chi connectivity index (χ1) is 12.9. The third-order valence-corrected chi connectivity index (χ3v) is 3.82. The molecule has 3 amide bonds. The lowest BCUT2D eigenvalue weighted by atomic mass is 10.1. The number of fused-ring (bicyclic) bond motifs is 1. The molecule has 146 valence electrons. The fourth-order valence-electron chi connectivity index (χ4n) is 2.36. The molecule has 0 saturated carbocycles. The van der Waals surface area contributed by atoms with E-state index in [-0.39, 0.29) is 6.42 Å². The normalized spacial score (nSPS) is 10.7. The highest BCUT2D eigenvalue weighted by atomic mass is 16.5. The van der Waals surface area contributed by atoms with Gasteiger partial charge in [-0.05, 0) is 24.5 Å². The summed E-state index contributed by atoms with van der Waals surface area (Å²) in [5.41, 5.74) is 1.23. The number of rotatable bonds is 8. The molecule has 2 rings (SSSR count). The van der Waals surface area contributed by atoms with Crippen molar-refractivity contribution in [1.82, 2.24) is 10.6 Å². The first kappa shape index (κ1) is 20.3. The number of imide groups is 1. The van der Waals surface area contributed by atoms with Crippen molar-refractivity contribution in [3.05, 3.63) is 30.0 Å². The number of esters is 1. The van der Waals surface area contributed by atoms with E-state index in [1.54, 1.807) is 25.3 Å². The van der Waals surface area contributed by atoms with E-state index in [4.69, 9.17) is 13.9 Å². The van der Waals surface area contributed by atoms with E-state index in [2.05, 4.69) is 10.6 Å². The number of urea groups is 1. The number of hydrogen-bond donors (Lipinski definition) is 2. The minimum absolute atomic E-state index is 0.0484. The summed E-state index contributed by atoms with van der Waals surface area (Å²) in [5, 5.41) is 5.44. The summed E-state index contributed by atoms with van der Waals surface area (Å²) in [6.45, 7) is 4.00. The maximum Gasteiger partial charge on any atom is 0.321 e. The summed E-state index contributed by atoms with van der Waals surface area (Å²) >= 11 is 0. The third-order valence-electron chi connectivity index (χ3n) is 3.82.